The molecule has 3 nitrogen and oxygen atoms in total. The van der Waals surface area contributed by atoms with Crippen LogP contribution in [-0.4, -0.2) is 11.7 Å². The van der Waals surface area contributed by atoms with Crippen LogP contribution >= 0.6 is 0 Å². The number of primary amides is 1. The highest BCUT2D eigenvalue weighted by atomic mass is 16.2. The first-order valence-electron chi connectivity index (χ1n) is 5.18. The van der Waals surface area contributed by atoms with Crippen LogP contribution in [0.15, 0.2) is 54.6 Å². The van der Waals surface area contributed by atoms with Crippen LogP contribution < -0.4 is 5.73 Å². The minimum Gasteiger partial charge on any atom is -0.363 e. The molecule has 3 rings (SSSR count). The molecular formula is C14H11NO2. The summed E-state index contributed by atoms with van der Waals surface area (Å²) in [5, 5.41) is 0. The van der Waals surface area contributed by atoms with Gasteiger partial charge in [-0.15, -0.1) is 0 Å². The number of carbonyl (C=O) groups is 2. The van der Waals surface area contributed by atoms with Gasteiger partial charge in [0, 0.05) is 5.56 Å². The van der Waals surface area contributed by atoms with Gasteiger partial charge in [0.15, 0.2) is 0 Å². The van der Waals surface area contributed by atoms with Gasteiger partial charge in [-0.2, -0.15) is 0 Å². The lowest BCUT2D eigenvalue weighted by Gasteiger charge is -1.92. The Morgan fingerprint density at radius 2 is 1.41 bits per heavy atom. The summed E-state index contributed by atoms with van der Waals surface area (Å²) in [5.74, 6) is -1.57. The highest BCUT2D eigenvalue weighted by molar-refractivity contribution is 6.42. The Morgan fingerprint density at radius 1 is 0.824 bits per heavy atom. The highest BCUT2D eigenvalue weighted by Crippen LogP contribution is 2.32. The quantitative estimate of drug-likeness (QED) is 0.535. The number of benzene rings is 2. The third-order valence-corrected chi connectivity index (χ3v) is 2.37. The van der Waals surface area contributed by atoms with Crippen LogP contribution in [0.25, 0.3) is 11.1 Å². The van der Waals surface area contributed by atoms with E-state index in [-0.39, 0.29) is 0 Å². The summed E-state index contributed by atoms with van der Waals surface area (Å²) >= 11 is 0. The van der Waals surface area contributed by atoms with Crippen LogP contribution in [0.4, 0.5) is 0 Å². The van der Waals surface area contributed by atoms with Crippen molar-refractivity contribution in [3.8, 4) is 11.1 Å². The van der Waals surface area contributed by atoms with E-state index in [1.807, 2.05) is 0 Å². The molecule has 0 saturated carbocycles. The molecule has 0 saturated heterocycles. The molecule has 3 heteroatoms. The predicted octanol–water partition coefficient (Wildman–Crippen LogP) is 2.02. The minimum atomic E-state index is -0.920. The van der Waals surface area contributed by atoms with E-state index in [2.05, 4.69) is 24.3 Å². The number of hydrogen-bond donors (Lipinski definition) is 1. The van der Waals surface area contributed by atoms with Crippen molar-refractivity contribution in [2.45, 2.75) is 0 Å². The van der Waals surface area contributed by atoms with Crippen molar-refractivity contribution in [1.82, 2.24) is 0 Å². The summed E-state index contributed by atoms with van der Waals surface area (Å²) < 4.78 is 0. The van der Waals surface area contributed by atoms with Gasteiger partial charge < -0.3 is 5.73 Å². The summed E-state index contributed by atoms with van der Waals surface area (Å²) in [6, 6.07) is 16.7. The second kappa shape index (κ2) is 4.61. The number of hydrogen-bond acceptors (Lipinski definition) is 2. The van der Waals surface area contributed by atoms with Crippen molar-refractivity contribution in [2.24, 2.45) is 5.73 Å². The van der Waals surface area contributed by atoms with Crippen LogP contribution in [0.2, 0.25) is 0 Å². The van der Waals surface area contributed by atoms with Gasteiger partial charge in [-0.1, -0.05) is 48.5 Å². The molecule has 2 aliphatic rings. The standard InChI is InChI=1S/C8H7NO2.C6H4/c9-8(11)7(10)6-4-2-1-3-5-6;1-2-5-4-6(5)3-1/h1-5H,(H2,9,11);1-4H. The monoisotopic (exact) mass is 225 g/mol. The summed E-state index contributed by atoms with van der Waals surface area (Å²) in [6.07, 6.45) is 0. The fourth-order valence-electron chi connectivity index (χ4n) is 1.41. The average molecular weight is 225 g/mol. The van der Waals surface area contributed by atoms with Gasteiger partial charge in [0.25, 0.3) is 5.91 Å². The molecule has 2 N–H and O–H groups in total. The Morgan fingerprint density at radius 3 is 1.76 bits per heavy atom. The van der Waals surface area contributed by atoms with Gasteiger partial charge >= 0.3 is 0 Å². The van der Waals surface area contributed by atoms with E-state index in [4.69, 9.17) is 5.73 Å². The molecule has 0 atom stereocenters. The van der Waals surface area contributed by atoms with Gasteiger partial charge in [-0.05, 0) is 17.2 Å². The molecule has 0 unspecified atom stereocenters. The molecular weight excluding hydrogens is 214 g/mol. The molecule has 84 valence electrons. The first-order valence-corrected chi connectivity index (χ1v) is 5.18. The average Bonchev–Trinajstić information content (AvgIpc) is 2.97. The minimum absolute atomic E-state index is 0.333. The lowest BCUT2D eigenvalue weighted by molar-refractivity contribution is -0.114. The van der Waals surface area contributed by atoms with Crippen molar-refractivity contribution < 1.29 is 9.59 Å². The Bertz CT molecular complexity index is 544. The normalized spacial score (nSPS) is 9.88. The number of rotatable bonds is 2. The van der Waals surface area contributed by atoms with Crippen molar-refractivity contribution in [3.05, 3.63) is 60.2 Å². The summed E-state index contributed by atoms with van der Waals surface area (Å²) in [5.41, 5.74) is 7.96. The van der Waals surface area contributed by atoms with E-state index >= 15 is 0 Å². The van der Waals surface area contributed by atoms with E-state index in [1.165, 1.54) is 11.1 Å². The smallest absolute Gasteiger partial charge is 0.289 e. The lowest BCUT2D eigenvalue weighted by atomic mass is 10.1. The zero-order valence-electron chi connectivity index (χ0n) is 9.09. The lowest BCUT2D eigenvalue weighted by Crippen LogP contribution is -2.22. The molecule has 0 spiro atoms. The van der Waals surface area contributed by atoms with Crippen LogP contribution in [0.5, 0.6) is 0 Å². The highest BCUT2D eigenvalue weighted by Gasteiger charge is 2.10. The van der Waals surface area contributed by atoms with E-state index in [0.29, 0.717) is 5.56 Å². The first-order chi connectivity index (χ1) is 8.18. The molecule has 0 fully saturated rings. The molecule has 17 heavy (non-hydrogen) atoms. The van der Waals surface area contributed by atoms with Gasteiger partial charge in [-0.25, -0.2) is 0 Å². The Labute approximate surface area is 98.9 Å². The fraction of sp³-hybridized carbons (Fsp3) is 0. The van der Waals surface area contributed by atoms with Gasteiger partial charge in [0.05, 0.1) is 0 Å². The molecule has 0 radical (unpaired) electrons. The van der Waals surface area contributed by atoms with Gasteiger partial charge in [0.1, 0.15) is 0 Å². The van der Waals surface area contributed by atoms with E-state index in [0.717, 1.165) is 0 Å². The first kappa shape index (κ1) is 11.1. The van der Waals surface area contributed by atoms with Crippen molar-refractivity contribution in [2.75, 3.05) is 0 Å². The van der Waals surface area contributed by atoms with Crippen LogP contribution in [0, 0.1) is 0 Å². The van der Waals surface area contributed by atoms with Crippen molar-refractivity contribution in [1.29, 1.82) is 0 Å². The summed E-state index contributed by atoms with van der Waals surface area (Å²) in [7, 11) is 0. The van der Waals surface area contributed by atoms with E-state index < -0.39 is 11.7 Å². The number of amides is 1. The maximum absolute atomic E-state index is 10.9. The second-order valence-corrected chi connectivity index (χ2v) is 3.64. The zero-order chi connectivity index (χ0) is 12.3. The molecule has 0 aromatic heterocycles. The maximum Gasteiger partial charge on any atom is 0.289 e. The Hall–Kier alpha value is -2.42. The van der Waals surface area contributed by atoms with Crippen molar-refractivity contribution in [3.63, 3.8) is 0 Å². The van der Waals surface area contributed by atoms with Gasteiger partial charge in [0.2, 0.25) is 5.78 Å². The number of nitrogens with two attached hydrogens (primary N) is 1. The third-order valence-electron chi connectivity index (χ3n) is 2.37. The number of Topliss-reactive ketones (excluding diaryl/α,β-unsaturated/α-hetero) is 1. The van der Waals surface area contributed by atoms with Crippen LogP contribution in [0.3, 0.4) is 0 Å². The SMILES string of the molecule is NC(=O)C(=O)c1ccccc1.c1cc2cc-2c1. The zero-order valence-corrected chi connectivity index (χ0v) is 9.09. The molecule has 0 aliphatic heterocycles. The molecule has 1 aromatic rings. The molecule has 1 amide bonds. The van der Waals surface area contributed by atoms with E-state index in [9.17, 15) is 9.59 Å². The van der Waals surface area contributed by atoms with E-state index in [1.54, 1.807) is 30.3 Å². The van der Waals surface area contributed by atoms with Crippen molar-refractivity contribution >= 4 is 11.7 Å². The van der Waals surface area contributed by atoms with Crippen LogP contribution in [-0.2, 0) is 4.79 Å². The largest absolute Gasteiger partial charge is 0.363 e. The predicted molar refractivity (Wildman–Crippen MR) is 65.4 cm³/mol. The topological polar surface area (TPSA) is 60.2 Å². The third kappa shape index (κ3) is 2.78. The summed E-state index contributed by atoms with van der Waals surface area (Å²) in [6.45, 7) is 0. The molecule has 0 bridgehead atoms. The summed E-state index contributed by atoms with van der Waals surface area (Å²) in [4.78, 5) is 21.2. The number of fused-ring (bicyclic) bond motifs is 1. The second-order valence-electron chi connectivity index (χ2n) is 3.64. The Kier molecular flexibility index (Phi) is 3.01. The number of carbonyl (C=O) groups excluding carboxylic acids is 2. The van der Waals surface area contributed by atoms with Gasteiger partial charge in [-0.3, -0.25) is 9.59 Å². The number of ketones is 1. The molecule has 2 aliphatic carbocycles. The van der Waals surface area contributed by atoms with Crippen LogP contribution in [0.1, 0.15) is 10.4 Å². The molecule has 0 heterocycles. The maximum atomic E-state index is 10.9. The molecule has 1 aromatic carbocycles. The Balaban J connectivity index is 0.000000148. The fourth-order valence-corrected chi connectivity index (χ4v) is 1.41.